The molecule has 2 aromatic rings. The second-order valence-corrected chi connectivity index (χ2v) is 6.93. The van der Waals surface area contributed by atoms with Crippen LogP contribution in [0.4, 0.5) is 11.4 Å². The fourth-order valence-corrected chi connectivity index (χ4v) is 2.72. The molecule has 2 N–H and O–H groups in total. The van der Waals surface area contributed by atoms with E-state index in [9.17, 15) is 10.0 Å². The number of carbonyl (C=O) groups excluding carboxylic acids is 1. The molecule has 0 saturated heterocycles. The molecule has 1 atom stereocenters. The fraction of sp³-hybridized carbons (Fsp3) is 0.316. The average molecular weight is 326 g/mol. The standard InChI is InChI=1S/C19H22N2O3/c1-19(2,3)24-14-10-8-13(9-11-14)12-17-18(22)20-15-6-4-5-7-16(15)21(17)23/h4-11,17,23H,12H2,1-3H3,(H,20,22)/t17-/m0/s1. The molecule has 0 bridgehead atoms. The Labute approximate surface area is 141 Å². The Hall–Kier alpha value is -2.53. The lowest BCUT2D eigenvalue weighted by Gasteiger charge is -2.33. The van der Waals surface area contributed by atoms with E-state index >= 15 is 0 Å². The molecule has 24 heavy (non-hydrogen) atoms. The van der Waals surface area contributed by atoms with E-state index in [1.807, 2.05) is 57.2 Å². The van der Waals surface area contributed by atoms with Gasteiger partial charge in [0, 0.05) is 6.42 Å². The van der Waals surface area contributed by atoms with Gasteiger partial charge in [-0.1, -0.05) is 24.3 Å². The minimum Gasteiger partial charge on any atom is -0.488 e. The minimum atomic E-state index is -0.658. The molecule has 1 aliphatic heterocycles. The zero-order chi connectivity index (χ0) is 17.3. The second-order valence-electron chi connectivity index (χ2n) is 6.93. The first-order chi connectivity index (χ1) is 11.3. The molecule has 2 aromatic carbocycles. The number of para-hydroxylation sites is 2. The molecule has 0 saturated carbocycles. The molecule has 5 nitrogen and oxygen atoms in total. The van der Waals surface area contributed by atoms with Gasteiger partial charge < -0.3 is 10.1 Å². The van der Waals surface area contributed by atoms with Gasteiger partial charge >= 0.3 is 0 Å². The molecule has 0 aromatic heterocycles. The van der Waals surface area contributed by atoms with Gasteiger partial charge in [0.1, 0.15) is 17.4 Å². The number of carbonyl (C=O) groups is 1. The predicted molar refractivity (Wildman–Crippen MR) is 93.7 cm³/mol. The molecule has 0 aliphatic carbocycles. The lowest BCUT2D eigenvalue weighted by atomic mass is 10.0. The van der Waals surface area contributed by atoms with E-state index in [1.54, 1.807) is 12.1 Å². The number of hydrogen-bond acceptors (Lipinski definition) is 4. The summed E-state index contributed by atoms with van der Waals surface area (Å²) in [4.78, 5) is 12.3. The van der Waals surface area contributed by atoms with Crippen molar-refractivity contribution < 1.29 is 14.7 Å². The van der Waals surface area contributed by atoms with Crippen molar-refractivity contribution in [2.24, 2.45) is 0 Å². The first-order valence-electron chi connectivity index (χ1n) is 7.99. The maximum Gasteiger partial charge on any atom is 0.250 e. The maximum absolute atomic E-state index is 12.3. The van der Waals surface area contributed by atoms with Crippen LogP contribution in [0.2, 0.25) is 0 Å². The molecular formula is C19H22N2O3. The zero-order valence-electron chi connectivity index (χ0n) is 14.1. The molecule has 0 unspecified atom stereocenters. The van der Waals surface area contributed by atoms with E-state index < -0.39 is 6.04 Å². The highest BCUT2D eigenvalue weighted by Gasteiger charge is 2.32. The molecule has 0 radical (unpaired) electrons. The third-order valence-corrected chi connectivity index (χ3v) is 3.78. The summed E-state index contributed by atoms with van der Waals surface area (Å²) in [5, 5.41) is 14.3. The van der Waals surface area contributed by atoms with E-state index in [1.165, 1.54) is 0 Å². The third-order valence-electron chi connectivity index (χ3n) is 3.78. The van der Waals surface area contributed by atoms with E-state index in [0.717, 1.165) is 16.4 Å². The summed E-state index contributed by atoms with van der Waals surface area (Å²) in [6.45, 7) is 5.98. The lowest BCUT2D eigenvalue weighted by molar-refractivity contribution is -0.119. The van der Waals surface area contributed by atoms with Crippen molar-refractivity contribution in [1.29, 1.82) is 0 Å². The van der Waals surface area contributed by atoms with Gasteiger partial charge in [-0.05, 0) is 50.6 Å². The number of hydroxylamine groups is 1. The number of nitrogens with one attached hydrogen (secondary N) is 1. The van der Waals surface area contributed by atoms with Gasteiger partial charge in [0.25, 0.3) is 0 Å². The van der Waals surface area contributed by atoms with Crippen LogP contribution < -0.4 is 15.1 Å². The molecule has 0 fully saturated rings. The number of ether oxygens (including phenoxy) is 1. The van der Waals surface area contributed by atoms with Gasteiger partial charge in [0.2, 0.25) is 5.91 Å². The number of rotatable bonds is 3. The second kappa shape index (κ2) is 6.17. The van der Waals surface area contributed by atoms with Gasteiger partial charge in [-0.25, -0.2) is 5.06 Å². The van der Waals surface area contributed by atoms with Crippen molar-refractivity contribution in [3.8, 4) is 5.75 Å². The highest BCUT2D eigenvalue weighted by atomic mass is 16.5. The number of anilines is 2. The summed E-state index contributed by atoms with van der Waals surface area (Å²) in [7, 11) is 0. The molecule has 1 aliphatic rings. The van der Waals surface area contributed by atoms with E-state index in [4.69, 9.17) is 4.74 Å². The Morgan fingerprint density at radius 2 is 1.79 bits per heavy atom. The van der Waals surface area contributed by atoms with Crippen LogP contribution in [0, 0.1) is 0 Å². The van der Waals surface area contributed by atoms with Crippen molar-refractivity contribution in [2.45, 2.75) is 38.8 Å². The Morgan fingerprint density at radius 1 is 1.12 bits per heavy atom. The minimum absolute atomic E-state index is 0.216. The summed E-state index contributed by atoms with van der Waals surface area (Å²) in [6, 6.07) is 14.2. The van der Waals surface area contributed by atoms with Crippen molar-refractivity contribution >= 4 is 17.3 Å². The van der Waals surface area contributed by atoms with Crippen LogP contribution in [0.1, 0.15) is 26.3 Å². The van der Waals surface area contributed by atoms with Crippen molar-refractivity contribution in [3.63, 3.8) is 0 Å². The van der Waals surface area contributed by atoms with Crippen LogP contribution >= 0.6 is 0 Å². The Kier molecular flexibility index (Phi) is 4.20. The molecule has 126 valence electrons. The number of amides is 1. The van der Waals surface area contributed by atoms with Gasteiger partial charge in [-0.3, -0.25) is 10.0 Å². The summed E-state index contributed by atoms with van der Waals surface area (Å²) in [5.41, 5.74) is 1.93. The molecular weight excluding hydrogens is 304 g/mol. The van der Waals surface area contributed by atoms with Gasteiger partial charge in [-0.15, -0.1) is 0 Å². The smallest absolute Gasteiger partial charge is 0.250 e. The highest BCUT2D eigenvalue weighted by Crippen LogP contribution is 2.31. The highest BCUT2D eigenvalue weighted by molar-refractivity contribution is 6.03. The number of nitrogens with zero attached hydrogens (tertiary/aromatic N) is 1. The third kappa shape index (κ3) is 3.51. The molecule has 1 heterocycles. The normalized spacial score (nSPS) is 17.2. The fourth-order valence-electron chi connectivity index (χ4n) is 2.72. The van der Waals surface area contributed by atoms with Crippen molar-refractivity contribution in [1.82, 2.24) is 0 Å². The number of benzene rings is 2. The SMILES string of the molecule is CC(C)(C)Oc1ccc(C[C@H]2C(=O)Nc3ccccc3N2O)cc1. The predicted octanol–water partition coefficient (Wildman–Crippen LogP) is 3.62. The largest absolute Gasteiger partial charge is 0.488 e. The quantitative estimate of drug-likeness (QED) is 0.904. The van der Waals surface area contributed by atoms with Crippen LogP contribution in [0.15, 0.2) is 48.5 Å². The van der Waals surface area contributed by atoms with Crippen LogP contribution in [0.3, 0.4) is 0 Å². The van der Waals surface area contributed by atoms with Gasteiger partial charge in [0.15, 0.2) is 0 Å². The topological polar surface area (TPSA) is 61.8 Å². The first-order valence-corrected chi connectivity index (χ1v) is 7.99. The number of hydrogen-bond donors (Lipinski definition) is 2. The van der Waals surface area contributed by atoms with Crippen LogP contribution in [-0.4, -0.2) is 22.8 Å². The van der Waals surface area contributed by atoms with Gasteiger partial charge in [0.05, 0.1) is 11.4 Å². The average Bonchev–Trinajstić information content (AvgIpc) is 2.51. The Balaban J connectivity index is 1.75. The van der Waals surface area contributed by atoms with Crippen molar-refractivity contribution in [2.75, 3.05) is 10.4 Å². The maximum atomic E-state index is 12.3. The Morgan fingerprint density at radius 3 is 2.46 bits per heavy atom. The summed E-state index contributed by atoms with van der Waals surface area (Å²) < 4.78 is 5.80. The Bertz CT molecular complexity index is 735. The molecule has 5 heteroatoms. The zero-order valence-corrected chi connectivity index (χ0v) is 14.1. The van der Waals surface area contributed by atoms with Crippen LogP contribution in [0.25, 0.3) is 0 Å². The van der Waals surface area contributed by atoms with Gasteiger partial charge in [-0.2, -0.15) is 0 Å². The molecule has 0 spiro atoms. The van der Waals surface area contributed by atoms with E-state index in [2.05, 4.69) is 5.32 Å². The van der Waals surface area contributed by atoms with Crippen molar-refractivity contribution in [3.05, 3.63) is 54.1 Å². The van der Waals surface area contributed by atoms with Crippen LogP contribution in [0.5, 0.6) is 5.75 Å². The van der Waals surface area contributed by atoms with E-state index in [0.29, 0.717) is 17.8 Å². The summed E-state index contributed by atoms with van der Waals surface area (Å²) >= 11 is 0. The van der Waals surface area contributed by atoms with Crippen LogP contribution in [-0.2, 0) is 11.2 Å². The first kappa shape index (κ1) is 16.3. The summed E-state index contributed by atoms with van der Waals surface area (Å²) in [5.74, 6) is 0.566. The lowest BCUT2D eigenvalue weighted by Crippen LogP contribution is -2.47. The number of fused-ring (bicyclic) bond motifs is 1. The van der Waals surface area contributed by atoms with E-state index in [-0.39, 0.29) is 11.5 Å². The summed E-state index contributed by atoms with van der Waals surface area (Å²) in [6.07, 6.45) is 0.409. The monoisotopic (exact) mass is 326 g/mol. The molecule has 3 rings (SSSR count). The molecule has 1 amide bonds.